The molecule has 0 spiro atoms. The second kappa shape index (κ2) is 5.85. The number of anilines is 1. The molecule has 0 bridgehead atoms. The Morgan fingerprint density at radius 2 is 2.05 bits per heavy atom. The van der Waals surface area contributed by atoms with Crippen LogP contribution in [0, 0.1) is 5.82 Å². The van der Waals surface area contributed by atoms with Crippen molar-refractivity contribution in [1.82, 2.24) is 4.90 Å². The van der Waals surface area contributed by atoms with E-state index in [0.717, 1.165) is 31.4 Å². The summed E-state index contributed by atoms with van der Waals surface area (Å²) in [5.41, 5.74) is 1.37. The van der Waals surface area contributed by atoms with Crippen molar-refractivity contribution in [2.75, 3.05) is 31.6 Å². The van der Waals surface area contributed by atoms with Gasteiger partial charge in [-0.1, -0.05) is 0 Å². The van der Waals surface area contributed by atoms with Crippen molar-refractivity contribution in [1.29, 1.82) is 0 Å². The fourth-order valence-electron chi connectivity index (χ4n) is 2.50. The van der Waals surface area contributed by atoms with Crippen LogP contribution in [0.15, 0.2) is 24.3 Å². The first kappa shape index (κ1) is 15.5. The topological polar surface area (TPSA) is 43.8 Å². The van der Waals surface area contributed by atoms with Crippen LogP contribution in [0.2, 0.25) is 0 Å². The van der Waals surface area contributed by atoms with Crippen LogP contribution in [-0.2, 0) is 4.79 Å². The summed E-state index contributed by atoms with van der Waals surface area (Å²) in [6, 6.07) is 4.66. The van der Waals surface area contributed by atoms with E-state index in [1.54, 1.807) is 0 Å². The highest BCUT2D eigenvalue weighted by molar-refractivity contribution is 5.85. The Balaban J connectivity index is 2.26. The number of carboxylic acids is 1. The van der Waals surface area contributed by atoms with Gasteiger partial charge in [0.15, 0.2) is 0 Å². The molecule has 1 N–H and O–H groups in total. The van der Waals surface area contributed by atoms with E-state index in [4.69, 9.17) is 5.11 Å². The second-order valence-electron chi connectivity index (χ2n) is 6.07. The number of nitrogens with zero attached hydrogens (tertiary/aromatic N) is 2. The zero-order chi connectivity index (χ0) is 15.6. The Hall–Kier alpha value is -1.88. The summed E-state index contributed by atoms with van der Waals surface area (Å²) in [6.45, 7) is 6.84. The van der Waals surface area contributed by atoms with Gasteiger partial charge >= 0.3 is 5.97 Å². The average molecular weight is 292 g/mol. The largest absolute Gasteiger partial charge is 0.478 e. The summed E-state index contributed by atoms with van der Waals surface area (Å²) >= 11 is 0. The molecule has 2 rings (SSSR count). The summed E-state index contributed by atoms with van der Waals surface area (Å²) in [4.78, 5) is 15.0. The summed E-state index contributed by atoms with van der Waals surface area (Å²) in [5, 5.41) is 8.66. The monoisotopic (exact) mass is 292 g/mol. The molecule has 1 heterocycles. The minimum absolute atomic E-state index is 0.0155. The third-order valence-electron chi connectivity index (χ3n) is 4.00. The zero-order valence-corrected chi connectivity index (χ0v) is 12.6. The fourth-order valence-corrected chi connectivity index (χ4v) is 2.50. The van der Waals surface area contributed by atoms with E-state index in [1.807, 2.05) is 6.07 Å². The maximum atomic E-state index is 13.8. The first-order valence-corrected chi connectivity index (χ1v) is 6.96. The molecule has 5 heteroatoms. The molecular weight excluding hydrogens is 271 g/mol. The van der Waals surface area contributed by atoms with Gasteiger partial charge in [-0.25, -0.2) is 9.18 Å². The summed E-state index contributed by atoms with van der Waals surface area (Å²) in [5.74, 6) is -1.39. The predicted molar refractivity (Wildman–Crippen MR) is 82.0 cm³/mol. The van der Waals surface area contributed by atoms with Gasteiger partial charge < -0.3 is 10.0 Å². The molecule has 1 aromatic rings. The van der Waals surface area contributed by atoms with Crippen LogP contribution in [0.1, 0.15) is 19.4 Å². The van der Waals surface area contributed by atoms with Crippen molar-refractivity contribution in [3.8, 4) is 0 Å². The molecular formula is C16H21FN2O2. The Morgan fingerprint density at radius 1 is 1.33 bits per heavy atom. The van der Waals surface area contributed by atoms with Crippen molar-refractivity contribution in [2.45, 2.75) is 19.4 Å². The number of carbonyl (C=O) groups is 1. The van der Waals surface area contributed by atoms with Gasteiger partial charge in [-0.2, -0.15) is 0 Å². The number of piperazine rings is 1. The van der Waals surface area contributed by atoms with Crippen LogP contribution in [0.4, 0.5) is 10.1 Å². The van der Waals surface area contributed by atoms with Crippen molar-refractivity contribution in [3.05, 3.63) is 35.7 Å². The lowest BCUT2D eigenvalue weighted by molar-refractivity contribution is -0.131. The molecule has 114 valence electrons. The molecule has 1 fully saturated rings. The van der Waals surface area contributed by atoms with Crippen LogP contribution in [0.5, 0.6) is 0 Å². The van der Waals surface area contributed by atoms with E-state index >= 15 is 0 Å². The number of likely N-dealkylation sites (N-methyl/N-ethyl adjacent to an activating group) is 1. The number of carboxylic acid groups (broad SMARTS) is 1. The lowest BCUT2D eigenvalue weighted by atomic mass is 9.99. The van der Waals surface area contributed by atoms with Crippen LogP contribution < -0.4 is 4.90 Å². The lowest BCUT2D eigenvalue weighted by Gasteiger charge is -2.46. The van der Waals surface area contributed by atoms with Crippen molar-refractivity contribution >= 4 is 17.7 Å². The van der Waals surface area contributed by atoms with Gasteiger partial charge in [-0.3, -0.25) is 4.90 Å². The van der Waals surface area contributed by atoms with E-state index < -0.39 is 5.97 Å². The molecule has 1 aromatic carbocycles. The Labute approximate surface area is 124 Å². The number of benzene rings is 1. The van der Waals surface area contributed by atoms with E-state index in [-0.39, 0.29) is 11.4 Å². The molecule has 0 amide bonds. The average Bonchev–Trinajstić information content (AvgIpc) is 2.39. The van der Waals surface area contributed by atoms with Crippen molar-refractivity contribution in [2.24, 2.45) is 0 Å². The Bertz CT molecular complexity index is 569. The molecule has 0 unspecified atom stereocenters. The normalized spacial score (nSPS) is 19.1. The molecule has 0 aliphatic carbocycles. The van der Waals surface area contributed by atoms with Crippen LogP contribution in [0.25, 0.3) is 6.08 Å². The van der Waals surface area contributed by atoms with Crippen LogP contribution >= 0.6 is 0 Å². The maximum Gasteiger partial charge on any atom is 0.328 e. The molecule has 0 atom stereocenters. The minimum atomic E-state index is -1.04. The van der Waals surface area contributed by atoms with Gasteiger partial charge in [-0.05, 0) is 50.7 Å². The molecule has 0 radical (unpaired) electrons. The Kier molecular flexibility index (Phi) is 4.32. The number of rotatable bonds is 3. The number of hydrogen-bond donors (Lipinski definition) is 1. The van der Waals surface area contributed by atoms with Gasteiger partial charge in [0.05, 0.1) is 0 Å². The van der Waals surface area contributed by atoms with Gasteiger partial charge in [0, 0.05) is 36.9 Å². The summed E-state index contributed by atoms with van der Waals surface area (Å²) < 4.78 is 13.8. The highest BCUT2D eigenvalue weighted by Crippen LogP contribution is 2.26. The van der Waals surface area contributed by atoms with Crippen molar-refractivity contribution in [3.63, 3.8) is 0 Å². The molecule has 21 heavy (non-hydrogen) atoms. The molecule has 1 aliphatic rings. The zero-order valence-electron chi connectivity index (χ0n) is 12.6. The highest BCUT2D eigenvalue weighted by atomic mass is 19.1. The van der Waals surface area contributed by atoms with Gasteiger partial charge in [-0.15, -0.1) is 0 Å². The molecule has 4 nitrogen and oxygen atoms in total. The third kappa shape index (κ3) is 3.82. The second-order valence-corrected chi connectivity index (χ2v) is 6.07. The van der Waals surface area contributed by atoms with Crippen LogP contribution in [-0.4, -0.2) is 48.2 Å². The molecule has 1 saturated heterocycles. The SMILES string of the molecule is CN1CCN(c2cc(F)cc(/C=C/C(=O)O)c2)CC1(C)C. The van der Waals surface area contributed by atoms with Crippen LogP contribution in [0.3, 0.4) is 0 Å². The number of halogens is 1. The maximum absolute atomic E-state index is 13.8. The van der Waals surface area contributed by atoms with E-state index in [9.17, 15) is 9.18 Å². The predicted octanol–water partition coefficient (Wildman–Crippen LogP) is 2.45. The highest BCUT2D eigenvalue weighted by Gasteiger charge is 2.31. The smallest absolute Gasteiger partial charge is 0.328 e. The fraction of sp³-hybridized carbons (Fsp3) is 0.438. The summed E-state index contributed by atoms with van der Waals surface area (Å²) in [7, 11) is 2.09. The quantitative estimate of drug-likeness (QED) is 0.869. The Morgan fingerprint density at radius 3 is 2.67 bits per heavy atom. The number of aliphatic carboxylic acids is 1. The lowest BCUT2D eigenvalue weighted by Crippen LogP contribution is -2.57. The molecule has 0 saturated carbocycles. The molecule has 0 aromatic heterocycles. The minimum Gasteiger partial charge on any atom is -0.478 e. The summed E-state index contributed by atoms with van der Waals surface area (Å²) in [6.07, 6.45) is 2.43. The van der Waals surface area contributed by atoms with Crippen molar-refractivity contribution < 1.29 is 14.3 Å². The van der Waals surface area contributed by atoms with Gasteiger partial charge in [0.1, 0.15) is 5.82 Å². The van der Waals surface area contributed by atoms with Gasteiger partial charge in [0.25, 0.3) is 0 Å². The van der Waals surface area contributed by atoms with Gasteiger partial charge in [0.2, 0.25) is 0 Å². The van der Waals surface area contributed by atoms with E-state index in [0.29, 0.717) is 5.56 Å². The van der Waals surface area contributed by atoms with E-state index in [1.165, 1.54) is 18.2 Å². The molecule has 1 aliphatic heterocycles. The standard InChI is InChI=1S/C16H21FN2O2/c1-16(2)11-19(7-6-18(16)3)14-9-12(4-5-15(20)21)8-13(17)10-14/h4-5,8-10H,6-7,11H2,1-3H3,(H,20,21)/b5-4+. The van der Waals surface area contributed by atoms with E-state index in [2.05, 4.69) is 30.7 Å². The number of hydrogen-bond acceptors (Lipinski definition) is 3. The first-order valence-electron chi connectivity index (χ1n) is 6.96. The first-order chi connectivity index (χ1) is 9.78. The third-order valence-corrected chi connectivity index (χ3v) is 4.00.